The van der Waals surface area contributed by atoms with Gasteiger partial charge in [-0.15, -0.1) is 16.8 Å². The van der Waals surface area contributed by atoms with Crippen LogP contribution in [-0.4, -0.2) is 54.1 Å². The van der Waals surface area contributed by atoms with Gasteiger partial charge in [0, 0.05) is 24.4 Å². The van der Waals surface area contributed by atoms with Crippen LogP contribution in [0.5, 0.6) is 0 Å². The van der Waals surface area contributed by atoms with E-state index in [2.05, 4.69) is 29.0 Å². The van der Waals surface area contributed by atoms with Crippen molar-refractivity contribution in [2.24, 2.45) is 5.92 Å². The molecular formula is C19H24N4O3S3. The summed E-state index contributed by atoms with van der Waals surface area (Å²) in [7, 11) is -3.58. The molecule has 1 aliphatic rings. The number of sulfonamides is 1. The minimum atomic E-state index is -3.58. The van der Waals surface area contributed by atoms with Gasteiger partial charge >= 0.3 is 0 Å². The van der Waals surface area contributed by atoms with Gasteiger partial charge in [-0.2, -0.15) is 4.31 Å². The average Bonchev–Trinajstić information content (AvgIpc) is 3.18. The smallest absolute Gasteiger partial charge is 0.243 e. The Labute approximate surface area is 179 Å². The standard InChI is InChI=1S/C19H24N4O3S3/c1-3-11-27-19-22-21-18(28-19)20-13-17(24)15-5-4-6-16(12-15)29(25,26)23-9-7-14(2)8-10-23/h3-6,12,14H,1,7-11,13H2,2H3,(H,20,21). The predicted octanol–water partition coefficient (Wildman–Crippen LogP) is 3.53. The van der Waals surface area contributed by atoms with Crippen molar-refractivity contribution in [3.63, 3.8) is 0 Å². The maximum atomic E-state index is 12.9. The summed E-state index contributed by atoms with van der Waals surface area (Å²) in [6.45, 7) is 6.86. The molecule has 1 aromatic heterocycles. The van der Waals surface area contributed by atoms with E-state index in [0.29, 0.717) is 29.7 Å². The Morgan fingerprint density at radius 1 is 1.38 bits per heavy atom. The maximum absolute atomic E-state index is 12.9. The highest BCUT2D eigenvalue weighted by atomic mass is 32.2. The van der Waals surface area contributed by atoms with Gasteiger partial charge in [-0.05, 0) is 30.9 Å². The van der Waals surface area contributed by atoms with E-state index in [1.165, 1.54) is 33.5 Å². The fourth-order valence-corrected chi connectivity index (χ4v) is 5.96. The third-order valence-corrected chi connectivity index (χ3v) is 8.57. The molecule has 0 amide bonds. The van der Waals surface area contributed by atoms with E-state index in [9.17, 15) is 13.2 Å². The van der Waals surface area contributed by atoms with E-state index in [1.807, 2.05) is 0 Å². The third kappa shape index (κ3) is 5.65. The van der Waals surface area contributed by atoms with E-state index in [-0.39, 0.29) is 17.2 Å². The zero-order valence-corrected chi connectivity index (χ0v) is 18.7. The summed E-state index contributed by atoms with van der Waals surface area (Å²) < 4.78 is 28.1. The van der Waals surface area contributed by atoms with Crippen molar-refractivity contribution in [2.75, 3.05) is 30.7 Å². The predicted molar refractivity (Wildman–Crippen MR) is 117 cm³/mol. The first-order valence-corrected chi connectivity index (χ1v) is 12.6. The molecule has 1 aromatic carbocycles. The monoisotopic (exact) mass is 452 g/mol. The van der Waals surface area contributed by atoms with Gasteiger partial charge in [0.2, 0.25) is 15.2 Å². The van der Waals surface area contributed by atoms with Crippen LogP contribution in [0, 0.1) is 5.92 Å². The number of thioether (sulfide) groups is 1. The third-order valence-electron chi connectivity index (χ3n) is 4.67. The molecule has 1 fully saturated rings. The first kappa shape index (κ1) is 21.9. The fourth-order valence-electron chi connectivity index (χ4n) is 2.93. The Balaban J connectivity index is 1.64. The molecule has 0 aliphatic carbocycles. The molecule has 1 aliphatic heterocycles. The number of Topliss-reactive ketones (excluding diaryl/α,β-unsaturated/α-hetero) is 1. The first-order valence-electron chi connectivity index (χ1n) is 9.34. The molecule has 156 valence electrons. The van der Waals surface area contributed by atoms with Crippen LogP contribution in [0.3, 0.4) is 0 Å². The molecular weight excluding hydrogens is 428 g/mol. The van der Waals surface area contributed by atoms with E-state index in [1.54, 1.807) is 24.3 Å². The van der Waals surface area contributed by atoms with E-state index in [0.717, 1.165) is 22.9 Å². The van der Waals surface area contributed by atoms with Crippen molar-refractivity contribution < 1.29 is 13.2 Å². The molecule has 0 saturated carbocycles. The van der Waals surface area contributed by atoms with Gasteiger partial charge < -0.3 is 5.32 Å². The number of ketones is 1. The van der Waals surface area contributed by atoms with Gasteiger partial charge in [0.25, 0.3) is 0 Å². The van der Waals surface area contributed by atoms with Crippen LogP contribution in [0.15, 0.2) is 46.2 Å². The lowest BCUT2D eigenvalue weighted by atomic mass is 10.0. The van der Waals surface area contributed by atoms with Crippen LogP contribution in [0.2, 0.25) is 0 Å². The van der Waals surface area contributed by atoms with Crippen molar-refractivity contribution in [1.82, 2.24) is 14.5 Å². The Hall–Kier alpha value is -1.75. The van der Waals surface area contributed by atoms with E-state index >= 15 is 0 Å². The summed E-state index contributed by atoms with van der Waals surface area (Å²) in [4.78, 5) is 12.7. The molecule has 10 heteroatoms. The highest BCUT2D eigenvalue weighted by molar-refractivity contribution is 8.01. The minimum Gasteiger partial charge on any atom is -0.353 e. The topological polar surface area (TPSA) is 92.3 Å². The number of carbonyl (C=O) groups is 1. The molecule has 0 bridgehead atoms. The number of hydrogen-bond acceptors (Lipinski definition) is 8. The minimum absolute atomic E-state index is 0.0193. The maximum Gasteiger partial charge on any atom is 0.243 e. The molecule has 2 heterocycles. The highest BCUT2D eigenvalue weighted by Gasteiger charge is 2.28. The number of carbonyl (C=O) groups excluding carboxylic acids is 1. The Morgan fingerprint density at radius 2 is 2.14 bits per heavy atom. The van der Waals surface area contributed by atoms with Crippen molar-refractivity contribution in [3.8, 4) is 0 Å². The number of piperidine rings is 1. The van der Waals surface area contributed by atoms with Crippen molar-refractivity contribution in [3.05, 3.63) is 42.5 Å². The number of hydrogen-bond donors (Lipinski definition) is 1. The molecule has 7 nitrogen and oxygen atoms in total. The van der Waals surface area contributed by atoms with Crippen molar-refractivity contribution in [1.29, 1.82) is 0 Å². The Morgan fingerprint density at radius 3 is 2.86 bits per heavy atom. The quantitative estimate of drug-likeness (QED) is 0.353. The molecule has 0 radical (unpaired) electrons. The van der Waals surface area contributed by atoms with E-state index in [4.69, 9.17) is 0 Å². The summed E-state index contributed by atoms with van der Waals surface area (Å²) in [5, 5.41) is 11.6. The normalized spacial score (nSPS) is 15.9. The summed E-state index contributed by atoms with van der Waals surface area (Å²) in [6.07, 6.45) is 3.50. The molecule has 2 aromatic rings. The van der Waals surface area contributed by atoms with Crippen LogP contribution >= 0.6 is 23.1 Å². The summed E-state index contributed by atoms with van der Waals surface area (Å²) >= 11 is 2.88. The lowest BCUT2D eigenvalue weighted by Crippen LogP contribution is -2.37. The molecule has 29 heavy (non-hydrogen) atoms. The number of benzene rings is 1. The second-order valence-electron chi connectivity index (χ2n) is 6.86. The highest BCUT2D eigenvalue weighted by Crippen LogP contribution is 2.26. The van der Waals surface area contributed by atoms with E-state index < -0.39 is 10.0 Å². The number of nitrogens with one attached hydrogen (secondary N) is 1. The first-order chi connectivity index (χ1) is 13.9. The number of rotatable bonds is 9. The van der Waals surface area contributed by atoms with Gasteiger partial charge in [-0.25, -0.2) is 8.42 Å². The van der Waals surface area contributed by atoms with Gasteiger partial charge in [-0.3, -0.25) is 4.79 Å². The van der Waals surface area contributed by atoms with Gasteiger partial charge in [0.05, 0.1) is 11.4 Å². The zero-order chi connectivity index (χ0) is 20.9. The van der Waals surface area contributed by atoms with Gasteiger partial charge in [-0.1, -0.05) is 48.2 Å². The Kier molecular flexibility index (Phi) is 7.44. The lowest BCUT2D eigenvalue weighted by Gasteiger charge is -2.29. The molecule has 3 rings (SSSR count). The van der Waals surface area contributed by atoms with Crippen LogP contribution in [0.4, 0.5) is 5.13 Å². The lowest BCUT2D eigenvalue weighted by molar-refractivity contribution is 0.101. The summed E-state index contributed by atoms with van der Waals surface area (Å²) in [5.41, 5.74) is 0.356. The number of nitrogens with zero attached hydrogens (tertiary/aromatic N) is 3. The second-order valence-corrected chi connectivity index (χ2v) is 11.0. The largest absolute Gasteiger partial charge is 0.353 e. The molecule has 1 saturated heterocycles. The van der Waals surface area contributed by atoms with Crippen LogP contribution in [-0.2, 0) is 10.0 Å². The van der Waals surface area contributed by atoms with Gasteiger partial charge in [0.15, 0.2) is 10.1 Å². The van der Waals surface area contributed by atoms with Crippen molar-refractivity contribution >= 4 is 44.0 Å². The van der Waals surface area contributed by atoms with Crippen molar-refractivity contribution in [2.45, 2.75) is 29.0 Å². The SMILES string of the molecule is C=CCSc1nnc(NCC(=O)c2cccc(S(=O)(=O)N3CCC(C)CC3)c2)s1. The molecule has 0 atom stereocenters. The van der Waals surface area contributed by atoms with Gasteiger partial charge in [0.1, 0.15) is 0 Å². The summed E-state index contributed by atoms with van der Waals surface area (Å²) in [5.74, 6) is 1.08. The molecule has 0 spiro atoms. The average molecular weight is 453 g/mol. The molecule has 0 unspecified atom stereocenters. The fraction of sp³-hybridized carbons (Fsp3) is 0.421. The Bertz CT molecular complexity index is 967. The number of aromatic nitrogens is 2. The van der Waals surface area contributed by atoms with Crippen LogP contribution < -0.4 is 5.32 Å². The molecule has 1 N–H and O–H groups in total. The second kappa shape index (κ2) is 9.84. The van der Waals surface area contributed by atoms with Crippen LogP contribution in [0.25, 0.3) is 0 Å². The zero-order valence-electron chi connectivity index (χ0n) is 16.2. The number of anilines is 1. The summed E-state index contributed by atoms with van der Waals surface area (Å²) in [6, 6.07) is 6.25. The van der Waals surface area contributed by atoms with Crippen LogP contribution in [0.1, 0.15) is 30.1 Å².